The van der Waals surface area contributed by atoms with E-state index in [-0.39, 0.29) is 18.1 Å². The van der Waals surface area contributed by atoms with Crippen molar-refractivity contribution in [1.29, 1.82) is 0 Å². The monoisotopic (exact) mass is 214 g/mol. The molecule has 0 aromatic carbocycles. The van der Waals surface area contributed by atoms with Crippen molar-refractivity contribution < 1.29 is 9.53 Å². The van der Waals surface area contributed by atoms with Gasteiger partial charge in [-0.05, 0) is 32.2 Å². The molecular formula is C11H22N2O2. The molecule has 3 unspecified atom stereocenters. The van der Waals surface area contributed by atoms with Crippen molar-refractivity contribution in [2.45, 2.75) is 38.8 Å². The third-order valence-corrected chi connectivity index (χ3v) is 3.02. The number of methoxy groups -OCH3 is 1. The Morgan fingerprint density at radius 3 is 3.00 bits per heavy atom. The third-order valence-electron chi connectivity index (χ3n) is 3.02. The van der Waals surface area contributed by atoms with Gasteiger partial charge in [-0.3, -0.25) is 4.79 Å². The van der Waals surface area contributed by atoms with Crippen LogP contribution in [0.15, 0.2) is 0 Å². The SMILES string of the molecule is COC(C)CNC(=O)C1NCCCC1C. The molecule has 1 amide bonds. The van der Waals surface area contributed by atoms with E-state index in [2.05, 4.69) is 17.6 Å². The molecule has 0 saturated carbocycles. The molecule has 0 bridgehead atoms. The Balaban J connectivity index is 2.32. The highest BCUT2D eigenvalue weighted by atomic mass is 16.5. The largest absolute Gasteiger partial charge is 0.380 e. The van der Waals surface area contributed by atoms with Crippen molar-refractivity contribution in [3.63, 3.8) is 0 Å². The lowest BCUT2D eigenvalue weighted by atomic mass is 9.92. The molecule has 4 nitrogen and oxygen atoms in total. The Morgan fingerprint density at radius 2 is 2.40 bits per heavy atom. The molecular weight excluding hydrogens is 192 g/mol. The maximum atomic E-state index is 11.8. The Bertz CT molecular complexity index is 209. The van der Waals surface area contributed by atoms with Gasteiger partial charge < -0.3 is 15.4 Å². The number of carbonyl (C=O) groups excluding carboxylic acids is 1. The number of hydrogen-bond acceptors (Lipinski definition) is 3. The molecule has 15 heavy (non-hydrogen) atoms. The van der Waals surface area contributed by atoms with Gasteiger partial charge in [0, 0.05) is 13.7 Å². The zero-order chi connectivity index (χ0) is 11.3. The molecule has 88 valence electrons. The molecule has 0 aromatic rings. The molecule has 1 rings (SSSR count). The normalized spacial score (nSPS) is 28.5. The Kier molecular flexibility index (Phi) is 5.05. The lowest BCUT2D eigenvalue weighted by Gasteiger charge is -2.29. The van der Waals surface area contributed by atoms with Crippen LogP contribution in [0, 0.1) is 5.92 Å². The van der Waals surface area contributed by atoms with E-state index in [4.69, 9.17) is 4.74 Å². The molecule has 1 saturated heterocycles. The number of piperidine rings is 1. The van der Waals surface area contributed by atoms with Crippen LogP contribution in [-0.4, -0.2) is 38.3 Å². The molecule has 1 heterocycles. The zero-order valence-corrected chi connectivity index (χ0v) is 9.88. The number of amides is 1. The van der Waals surface area contributed by atoms with Gasteiger partial charge >= 0.3 is 0 Å². The summed E-state index contributed by atoms with van der Waals surface area (Å²) in [5.74, 6) is 0.530. The number of carbonyl (C=O) groups is 1. The fourth-order valence-corrected chi connectivity index (χ4v) is 1.84. The van der Waals surface area contributed by atoms with Crippen LogP contribution in [0.4, 0.5) is 0 Å². The standard InChI is InChI=1S/C11H22N2O2/c1-8-5-4-6-12-10(8)11(14)13-7-9(2)15-3/h8-10,12H,4-7H2,1-3H3,(H,13,14). The van der Waals surface area contributed by atoms with Crippen molar-refractivity contribution in [3.8, 4) is 0 Å². The molecule has 3 atom stereocenters. The highest BCUT2D eigenvalue weighted by Crippen LogP contribution is 2.15. The summed E-state index contributed by atoms with van der Waals surface area (Å²) >= 11 is 0. The van der Waals surface area contributed by atoms with Gasteiger partial charge in [0.05, 0.1) is 12.1 Å². The van der Waals surface area contributed by atoms with E-state index in [0.29, 0.717) is 12.5 Å². The molecule has 0 aliphatic carbocycles. The summed E-state index contributed by atoms with van der Waals surface area (Å²) in [6, 6.07) is -0.0252. The van der Waals surface area contributed by atoms with Gasteiger partial charge in [0.2, 0.25) is 5.91 Å². The van der Waals surface area contributed by atoms with Crippen molar-refractivity contribution in [3.05, 3.63) is 0 Å². The van der Waals surface area contributed by atoms with Gasteiger partial charge in [-0.1, -0.05) is 6.92 Å². The van der Waals surface area contributed by atoms with Crippen LogP contribution in [0.2, 0.25) is 0 Å². The third kappa shape index (κ3) is 3.80. The average molecular weight is 214 g/mol. The van der Waals surface area contributed by atoms with Crippen LogP contribution < -0.4 is 10.6 Å². The first-order valence-corrected chi connectivity index (χ1v) is 5.69. The van der Waals surface area contributed by atoms with Crippen molar-refractivity contribution in [1.82, 2.24) is 10.6 Å². The fraction of sp³-hybridized carbons (Fsp3) is 0.909. The lowest BCUT2D eigenvalue weighted by Crippen LogP contribution is -2.51. The minimum Gasteiger partial charge on any atom is -0.380 e. The van der Waals surface area contributed by atoms with Crippen LogP contribution in [0.1, 0.15) is 26.7 Å². The smallest absolute Gasteiger partial charge is 0.237 e. The van der Waals surface area contributed by atoms with E-state index < -0.39 is 0 Å². The average Bonchev–Trinajstić information content (AvgIpc) is 2.26. The fourth-order valence-electron chi connectivity index (χ4n) is 1.84. The highest BCUT2D eigenvalue weighted by molar-refractivity contribution is 5.82. The van der Waals surface area contributed by atoms with Crippen molar-refractivity contribution in [2.75, 3.05) is 20.2 Å². The molecule has 4 heteroatoms. The van der Waals surface area contributed by atoms with Gasteiger partial charge in [0.15, 0.2) is 0 Å². The van der Waals surface area contributed by atoms with E-state index in [0.717, 1.165) is 13.0 Å². The molecule has 0 radical (unpaired) electrons. The highest BCUT2D eigenvalue weighted by Gasteiger charge is 2.27. The first kappa shape index (κ1) is 12.5. The van der Waals surface area contributed by atoms with Crippen LogP contribution in [0.3, 0.4) is 0 Å². The lowest BCUT2D eigenvalue weighted by molar-refractivity contribution is -0.125. The zero-order valence-electron chi connectivity index (χ0n) is 9.88. The molecule has 0 aromatic heterocycles. The summed E-state index contributed by atoms with van der Waals surface area (Å²) in [5.41, 5.74) is 0. The molecule has 2 N–H and O–H groups in total. The molecule has 1 aliphatic rings. The molecule has 1 aliphatic heterocycles. The quantitative estimate of drug-likeness (QED) is 0.717. The molecule has 0 spiro atoms. The predicted octanol–water partition coefficient (Wildman–Crippen LogP) is 0.526. The first-order valence-electron chi connectivity index (χ1n) is 5.69. The number of ether oxygens (including phenoxy) is 1. The second-order valence-corrected chi connectivity index (χ2v) is 4.34. The van der Waals surface area contributed by atoms with Gasteiger partial charge in [-0.15, -0.1) is 0 Å². The van der Waals surface area contributed by atoms with E-state index in [1.54, 1.807) is 7.11 Å². The second kappa shape index (κ2) is 6.08. The number of nitrogens with one attached hydrogen (secondary N) is 2. The van der Waals surface area contributed by atoms with Gasteiger partial charge in [0.25, 0.3) is 0 Å². The van der Waals surface area contributed by atoms with Crippen molar-refractivity contribution >= 4 is 5.91 Å². The minimum atomic E-state index is -0.0252. The summed E-state index contributed by atoms with van der Waals surface area (Å²) in [6.45, 7) is 5.59. The van der Waals surface area contributed by atoms with Crippen LogP contribution in [0.5, 0.6) is 0 Å². The van der Waals surface area contributed by atoms with Crippen molar-refractivity contribution in [2.24, 2.45) is 5.92 Å². The summed E-state index contributed by atoms with van der Waals surface area (Å²) in [5, 5.41) is 6.16. The van der Waals surface area contributed by atoms with E-state index >= 15 is 0 Å². The summed E-state index contributed by atoms with van der Waals surface area (Å²) in [7, 11) is 1.65. The van der Waals surface area contributed by atoms with Gasteiger partial charge in [-0.2, -0.15) is 0 Å². The van der Waals surface area contributed by atoms with E-state index in [1.165, 1.54) is 6.42 Å². The van der Waals surface area contributed by atoms with Crippen LogP contribution in [-0.2, 0) is 9.53 Å². The van der Waals surface area contributed by atoms with E-state index in [9.17, 15) is 4.79 Å². The minimum absolute atomic E-state index is 0.0252. The van der Waals surface area contributed by atoms with Crippen LogP contribution >= 0.6 is 0 Å². The topological polar surface area (TPSA) is 50.4 Å². The summed E-state index contributed by atoms with van der Waals surface area (Å²) in [4.78, 5) is 11.8. The maximum absolute atomic E-state index is 11.8. The van der Waals surface area contributed by atoms with Gasteiger partial charge in [0.1, 0.15) is 0 Å². The predicted molar refractivity (Wildman–Crippen MR) is 59.7 cm³/mol. The number of rotatable bonds is 4. The van der Waals surface area contributed by atoms with Gasteiger partial charge in [-0.25, -0.2) is 0 Å². The summed E-state index contributed by atoms with van der Waals surface area (Å²) in [6.07, 6.45) is 2.37. The second-order valence-electron chi connectivity index (χ2n) is 4.34. The summed E-state index contributed by atoms with van der Waals surface area (Å²) < 4.78 is 5.08. The van der Waals surface area contributed by atoms with Crippen LogP contribution in [0.25, 0.3) is 0 Å². The van der Waals surface area contributed by atoms with E-state index in [1.807, 2.05) is 6.92 Å². The Morgan fingerprint density at radius 1 is 1.67 bits per heavy atom. The first-order chi connectivity index (χ1) is 7.15. The Hall–Kier alpha value is -0.610. The number of hydrogen-bond donors (Lipinski definition) is 2. The maximum Gasteiger partial charge on any atom is 0.237 e. The molecule has 1 fully saturated rings. The Labute approximate surface area is 91.8 Å².